The lowest BCUT2D eigenvalue weighted by molar-refractivity contribution is 0.603. The number of sulfone groups is 1. The Bertz CT molecular complexity index is 428. The highest BCUT2D eigenvalue weighted by molar-refractivity contribution is 7.95. The fourth-order valence-electron chi connectivity index (χ4n) is 1.25. The van der Waals surface area contributed by atoms with Crippen LogP contribution in [0.2, 0.25) is 0 Å². The maximum absolute atomic E-state index is 11.5. The Kier molecular flexibility index (Phi) is 2.42. The molecule has 1 aromatic rings. The van der Waals surface area contributed by atoms with Crippen LogP contribution in [0.4, 0.5) is 0 Å². The van der Waals surface area contributed by atoms with Crippen LogP contribution in [0.15, 0.2) is 35.7 Å². The molecule has 0 heterocycles. The summed E-state index contributed by atoms with van der Waals surface area (Å²) in [4.78, 5) is 0. The normalized spacial score (nSPS) is 17.4. The molecule has 1 aromatic carbocycles. The van der Waals surface area contributed by atoms with E-state index in [1.54, 1.807) is 6.08 Å². The van der Waals surface area contributed by atoms with Gasteiger partial charge < -0.3 is 0 Å². The van der Waals surface area contributed by atoms with Gasteiger partial charge in [0.1, 0.15) is 0 Å². The fourth-order valence-corrected chi connectivity index (χ4v) is 2.61. The summed E-state index contributed by atoms with van der Waals surface area (Å²) < 4.78 is 23.0. The van der Waals surface area contributed by atoms with E-state index in [4.69, 9.17) is 0 Å². The summed E-state index contributed by atoms with van der Waals surface area (Å²) in [7, 11) is -2.97. The minimum atomic E-state index is -2.97. The van der Waals surface area contributed by atoms with E-state index in [-0.39, 0.29) is 5.25 Å². The van der Waals surface area contributed by atoms with Gasteiger partial charge in [0, 0.05) is 5.41 Å². The third-order valence-electron chi connectivity index (χ3n) is 2.24. The fraction of sp³-hybridized carbons (Fsp3) is 0.273. The summed E-state index contributed by atoms with van der Waals surface area (Å²) in [5.74, 6) is 0. The zero-order valence-corrected chi connectivity index (χ0v) is 8.57. The Balaban J connectivity index is 2.14. The second-order valence-electron chi connectivity index (χ2n) is 3.50. The zero-order valence-electron chi connectivity index (χ0n) is 7.76. The monoisotopic (exact) mass is 208 g/mol. The second-order valence-corrected chi connectivity index (χ2v) is 5.62. The molecule has 3 heteroatoms. The van der Waals surface area contributed by atoms with Crippen molar-refractivity contribution in [3.8, 4) is 0 Å². The van der Waals surface area contributed by atoms with Crippen molar-refractivity contribution in [1.29, 1.82) is 0 Å². The predicted octanol–water partition coefficient (Wildman–Crippen LogP) is 2.23. The lowest BCUT2D eigenvalue weighted by Crippen LogP contribution is -2.00. The van der Waals surface area contributed by atoms with Crippen molar-refractivity contribution in [2.75, 3.05) is 0 Å². The third-order valence-corrected chi connectivity index (χ3v) is 4.15. The molecule has 0 N–H and O–H groups in total. The Morgan fingerprint density at radius 3 is 2.36 bits per heavy atom. The van der Waals surface area contributed by atoms with Crippen LogP contribution in [-0.4, -0.2) is 13.7 Å². The average molecular weight is 208 g/mol. The zero-order chi connectivity index (χ0) is 10.0. The molecule has 1 aliphatic rings. The van der Waals surface area contributed by atoms with Gasteiger partial charge in [0.15, 0.2) is 9.84 Å². The van der Waals surface area contributed by atoms with E-state index in [2.05, 4.69) is 0 Å². The molecule has 0 saturated heterocycles. The first-order valence-electron chi connectivity index (χ1n) is 4.65. The van der Waals surface area contributed by atoms with Crippen LogP contribution in [0.1, 0.15) is 18.4 Å². The molecule has 0 radical (unpaired) electrons. The molecule has 0 amide bonds. The SMILES string of the molecule is O=S(=O)(/C=C/c1ccccc1)C1CC1. The van der Waals surface area contributed by atoms with Crippen LogP contribution in [0.25, 0.3) is 6.08 Å². The maximum atomic E-state index is 11.5. The molecule has 0 atom stereocenters. The lowest BCUT2D eigenvalue weighted by Gasteiger charge is -1.93. The molecule has 0 spiro atoms. The van der Waals surface area contributed by atoms with Gasteiger partial charge in [-0.15, -0.1) is 0 Å². The maximum Gasteiger partial charge on any atom is 0.174 e. The first-order chi connectivity index (χ1) is 6.68. The van der Waals surface area contributed by atoms with Crippen molar-refractivity contribution in [3.63, 3.8) is 0 Å². The highest BCUT2D eigenvalue weighted by Crippen LogP contribution is 2.29. The first-order valence-corrected chi connectivity index (χ1v) is 6.26. The molecule has 0 bridgehead atoms. The first kappa shape index (κ1) is 9.46. The summed E-state index contributed by atoms with van der Waals surface area (Å²) in [6.45, 7) is 0. The second kappa shape index (κ2) is 3.58. The van der Waals surface area contributed by atoms with Crippen molar-refractivity contribution in [2.45, 2.75) is 18.1 Å². The van der Waals surface area contributed by atoms with Gasteiger partial charge in [0.25, 0.3) is 0 Å². The highest BCUT2D eigenvalue weighted by Gasteiger charge is 2.33. The van der Waals surface area contributed by atoms with Crippen LogP contribution in [0.3, 0.4) is 0 Å². The molecular formula is C11H12O2S. The van der Waals surface area contributed by atoms with E-state index >= 15 is 0 Å². The van der Waals surface area contributed by atoms with Gasteiger partial charge in [-0.25, -0.2) is 8.42 Å². The van der Waals surface area contributed by atoms with Gasteiger partial charge in [-0.3, -0.25) is 0 Å². The van der Waals surface area contributed by atoms with Gasteiger partial charge >= 0.3 is 0 Å². The van der Waals surface area contributed by atoms with E-state index in [9.17, 15) is 8.42 Å². The topological polar surface area (TPSA) is 34.1 Å². The van der Waals surface area contributed by atoms with Crippen molar-refractivity contribution >= 4 is 15.9 Å². The van der Waals surface area contributed by atoms with E-state index in [1.807, 2.05) is 30.3 Å². The van der Waals surface area contributed by atoms with Crippen molar-refractivity contribution in [2.24, 2.45) is 0 Å². The molecular weight excluding hydrogens is 196 g/mol. The summed E-state index contributed by atoms with van der Waals surface area (Å²) >= 11 is 0. The number of benzene rings is 1. The predicted molar refractivity (Wildman–Crippen MR) is 57.4 cm³/mol. The summed E-state index contributed by atoms with van der Waals surface area (Å²) in [5, 5.41) is 1.22. The van der Waals surface area contributed by atoms with Crippen molar-refractivity contribution < 1.29 is 8.42 Å². The van der Waals surface area contributed by atoms with E-state index in [0.29, 0.717) is 0 Å². The number of hydrogen-bond donors (Lipinski definition) is 0. The van der Waals surface area contributed by atoms with Crippen molar-refractivity contribution in [1.82, 2.24) is 0 Å². The van der Waals surface area contributed by atoms with Crippen LogP contribution in [-0.2, 0) is 9.84 Å². The standard InChI is InChI=1S/C11H12O2S/c12-14(13,11-6-7-11)9-8-10-4-2-1-3-5-10/h1-5,8-9,11H,6-7H2/b9-8+. The molecule has 0 aromatic heterocycles. The molecule has 1 aliphatic carbocycles. The molecule has 0 aliphatic heterocycles. The van der Waals surface area contributed by atoms with Gasteiger partial charge in [0.05, 0.1) is 5.25 Å². The van der Waals surface area contributed by atoms with Gasteiger partial charge in [-0.1, -0.05) is 30.3 Å². The minimum absolute atomic E-state index is 0.109. The quantitative estimate of drug-likeness (QED) is 0.763. The Morgan fingerprint density at radius 2 is 1.79 bits per heavy atom. The third kappa shape index (κ3) is 2.23. The molecule has 0 unspecified atom stereocenters. The highest BCUT2D eigenvalue weighted by atomic mass is 32.2. The van der Waals surface area contributed by atoms with Gasteiger partial charge in [0.2, 0.25) is 0 Å². The van der Waals surface area contributed by atoms with Crippen LogP contribution >= 0.6 is 0 Å². The van der Waals surface area contributed by atoms with E-state index in [0.717, 1.165) is 18.4 Å². The van der Waals surface area contributed by atoms with Crippen LogP contribution in [0, 0.1) is 0 Å². The average Bonchev–Trinajstić information content (AvgIpc) is 3.00. The summed E-state index contributed by atoms with van der Waals surface area (Å²) in [6.07, 6.45) is 3.30. The summed E-state index contributed by atoms with van der Waals surface area (Å²) in [6, 6.07) is 9.47. The number of rotatable bonds is 3. The Labute approximate surface area is 84.2 Å². The molecule has 1 saturated carbocycles. The molecule has 1 fully saturated rings. The molecule has 2 nitrogen and oxygen atoms in total. The molecule has 14 heavy (non-hydrogen) atoms. The van der Waals surface area contributed by atoms with Crippen LogP contribution < -0.4 is 0 Å². The summed E-state index contributed by atoms with van der Waals surface area (Å²) in [5.41, 5.74) is 0.928. The smallest absolute Gasteiger partial charge is 0.174 e. The lowest BCUT2D eigenvalue weighted by atomic mass is 10.2. The molecule has 2 rings (SSSR count). The van der Waals surface area contributed by atoms with Crippen LogP contribution in [0.5, 0.6) is 0 Å². The number of hydrogen-bond acceptors (Lipinski definition) is 2. The van der Waals surface area contributed by atoms with E-state index < -0.39 is 9.84 Å². The largest absolute Gasteiger partial charge is 0.224 e. The Morgan fingerprint density at radius 1 is 1.14 bits per heavy atom. The van der Waals surface area contributed by atoms with Gasteiger partial charge in [-0.2, -0.15) is 0 Å². The van der Waals surface area contributed by atoms with E-state index in [1.165, 1.54) is 5.41 Å². The van der Waals surface area contributed by atoms with Gasteiger partial charge in [-0.05, 0) is 24.5 Å². The Hall–Kier alpha value is -1.09. The molecule has 74 valence electrons. The van der Waals surface area contributed by atoms with Crippen molar-refractivity contribution in [3.05, 3.63) is 41.3 Å². The minimum Gasteiger partial charge on any atom is -0.224 e.